The van der Waals surface area contributed by atoms with E-state index in [0.717, 1.165) is 12.0 Å². The molecule has 0 aliphatic heterocycles. The van der Waals surface area contributed by atoms with Crippen molar-refractivity contribution in [1.82, 2.24) is 15.0 Å². The van der Waals surface area contributed by atoms with Crippen molar-refractivity contribution in [2.24, 2.45) is 0 Å². The molecule has 2 rings (SSSR count). The summed E-state index contributed by atoms with van der Waals surface area (Å²) in [5.74, 6) is 0.673. The van der Waals surface area contributed by atoms with Gasteiger partial charge in [-0.15, -0.1) is 11.3 Å². The first-order valence-electron chi connectivity index (χ1n) is 6.58. The van der Waals surface area contributed by atoms with Crippen LogP contribution in [0, 0.1) is 0 Å². The number of alkyl halides is 3. The Balaban J connectivity index is 2.47. The van der Waals surface area contributed by atoms with E-state index in [9.17, 15) is 13.2 Å². The molecule has 114 valence electrons. The highest BCUT2D eigenvalue weighted by Crippen LogP contribution is 2.37. The highest BCUT2D eigenvalue weighted by atomic mass is 32.1. The SMILES string of the molecule is CCCc1c(NCC)ncnc1-c1cnc(C(F)(F)F)s1. The molecular formula is C13H15F3N4S. The van der Waals surface area contributed by atoms with E-state index >= 15 is 0 Å². The maximum atomic E-state index is 12.7. The largest absolute Gasteiger partial charge is 0.443 e. The van der Waals surface area contributed by atoms with Gasteiger partial charge in [-0.05, 0) is 13.3 Å². The van der Waals surface area contributed by atoms with Gasteiger partial charge in [0.25, 0.3) is 0 Å². The van der Waals surface area contributed by atoms with Crippen LogP contribution in [0.15, 0.2) is 12.5 Å². The predicted molar refractivity (Wildman–Crippen MR) is 76.3 cm³/mol. The van der Waals surface area contributed by atoms with E-state index < -0.39 is 11.2 Å². The van der Waals surface area contributed by atoms with Gasteiger partial charge in [0.2, 0.25) is 0 Å². The summed E-state index contributed by atoms with van der Waals surface area (Å²) in [7, 11) is 0. The van der Waals surface area contributed by atoms with Crippen LogP contribution in [0.2, 0.25) is 0 Å². The molecule has 4 nitrogen and oxygen atoms in total. The van der Waals surface area contributed by atoms with Crippen LogP contribution in [0.3, 0.4) is 0 Å². The number of hydrogen-bond acceptors (Lipinski definition) is 5. The quantitative estimate of drug-likeness (QED) is 0.906. The average Bonchev–Trinajstić information content (AvgIpc) is 2.90. The van der Waals surface area contributed by atoms with Crippen molar-refractivity contribution in [2.45, 2.75) is 32.9 Å². The number of halogens is 3. The molecule has 8 heteroatoms. The molecule has 2 aromatic heterocycles. The monoisotopic (exact) mass is 316 g/mol. The molecular weight excluding hydrogens is 301 g/mol. The maximum absolute atomic E-state index is 12.7. The van der Waals surface area contributed by atoms with Crippen molar-refractivity contribution >= 4 is 17.2 Å². The van der Waals surface area contributed by atoms with Crippen LogP contribution in [0.25, 0.3) is 10.6 Å². The van der Waals surface area contributed by atoms with Crippen LogP contribution in [0.4, 0.5) is 19.0 Å². The fourth-order valence-corrected chi connectivity index (χ4v) is 2.75. The molecule has 0 radical (unpaired) electrons. The zero-order chi connectivity index (χ0) is 15.5. The second-order valence-corrected chi connectivity index (χ2v) is 5.39. The summed E-state index contributed by atoms with van der Waals surface area (Å²) in [5, 5.41) is 2.26. The number of aromatic nitrogens is 3. The number of anilines is 1. The lowest BCUT2D eigenvalue weighted by atomic mass is 10.1. The predicted octanol–water partition coefficient (Wildman–Crippen LogP) is 4.00. The molecule has 0 bridgehead atoms. The molecule has 0 aliphatic carbocycles. The van der Waals surface area contributed by atoms with Gasteiger partial charge in [-0.3, -0.25) is 0 Å². The topological polar surface area (TPSA) is 50.7 Å². The van der Waals surface area contributed by atoms with Crippen molar-refractivity contribution in [3.05, 3.63) is 23.1 Å². The van der Waals surface area contributed by atoms with E-state index in [2.05, 4.69) is 20.3 Å². The van der Waals surface area contributed by atoms with Gasteiger partial charge in [-0.25, -0.2) is 15.0 Å². The van der Waals surface area contributed by atoms with Gasteiger partial charge < -0.3 is 5.32 Å². The standard InChI is InChI=1S/C13H15F3N4S/c1-3-5-8-10(19-7-20-11(8)17-4-2)9-6-18-12(21-9)13(14,15)16/h6-7H,3-5H2,1-2H3,(H,17,19,20). The van der Waals surface area contributed by atoms with Crippen LogP contribution >= 0.6 is 11.3 Å². The summed E-state index contributed by atoms with van der Waals surface area (Å²) in [4.78, 5) is 12.2. The van der Waals surface area contributed by atoms with Crippen molar-refractivity contribution in [1.29, 1.82) is 0 Å². The van der Waals surface area contributed by atoms with E-state index in [4.69, 9.17) is 0 Å². The van der Waals surface area contributed by atoms with Gasteiger partial charge in [0.05, 0.1) is 10.6 Å². The number of thiazole rings is 1. The third-order valence-corrected chi connectivity index (χ3v) is 3.82. The molecule has 0 aliphatic rings. The number of nitrogens with one attached hydrogen (secondary N) is 1. The third-order valence-electron chi connectivity index (χ3n) is 2.77. The van der Waals surface area contributed by atoms with Crippen molar-refractivity contribution in [3.8, 4) is 10.6 Å². The molecule has 0 amide bonds. The van der Waals surface area contributed by atoms with E-state index in [-0.39, 0.29) is 0 Å². The summed E-state index contributed by atoms with van der Waals surface area (Å²) in [6, 6.07) is 0. The van der Waals surface area contributed by atoms with Gasteiger partial charge in [-0.1, -0.05) is 13.3 Å². The van der Waals surface area contributed by atoms with Gasteiger partial charge in [0, 0.05) is 18.3 Å². The lowest BCUT2D eigenvalue weighted by Gasteiger charge is -2.11. The zero-order valence-corrected chi connectivity index (χ0v) is 12.5. The Labute approximate surface area is 124 Å². The van der Waals surface area contributed by atoms with Crippen LogP contribution in [0.1, 0.15) is 30.8 Å². The Kier molecular flexibility index (Phi) is 4.76. The minimum absolute atomic E-state index is 0.410. The molecule has 1 N–H and O–H groups in total. The highest BCUT2D eigenvalue weighted by molar-refractivity contribution is 7.15. The summed E-state index contributed by atoms with van der Waals surface area (Å²) in [5.41, 5.74) is 1.36. The molecule has 0 atom stereocenters. The second-order valence-electron chi connectivity index (χ2n) is 4.36. The molecule has 0 unspecified atom stereocenters. The lowest BCUT2D eigenvalue weighted by molar-refractivity contribution is -0.137. The minimum Gasteiger partial charge on any atom is -0.370 e. The van der Waals surface area contributed by atoms with Gasteiger partial charge in [0.1, 0.15) is 12.1 Å². The molecule has 0 aromatic carbocycles. The molecule has 0 spiro atoms. The summed E-state index contributed by atoms with van der Waals surface area (Å²) >= 11 is 0.606. The van der Waals surface area contributed by atoms with E-state index in [0.29, 0.717) is 40.7 Å². The van der Waals surface area contributed by atoms with Gasteiger partial charge in [-0.2, -0.15) is 13.2 Å². The van der Waals surface area contributed by atoms with Crippen molar-refractivity contribution < 1.29 is 13.2 Å². The number of nitrogens with zero attached hydrogens (tertiary/aromatic N) is 3. The Morgan fingerprint density at radius 3 is 2.52 bits per heavy atom. The third kappa shape index (κ3) is 3.49. The summed E-state index contributed by atoms with van der Waals surface area (Å²) in [6.07, 6.45) is -0.295. The zero-order valence-electron chi connectivity index (χ0n) is 11.7. The molecule has 0 saturated carbocycles. The highest BCUT2D eigenvalue weighted by Gasteiger charge is 2.35. The van der Waals surface area contributed by atoms with Crippen LogP contribution in [-0.4, -0.2) is 21.5 Å². The summed E-state index contributed by atoms with van der Waals surface area (Å²) < 4.78 is 38.0. The normalized spacial score (nSPS) is 11.7. The first-order valence-corrected chi connectivity index (χ1v) is 7.40. The second kappa shape index (κ2) is 6.38. The van der Waals surface area contributed by atoms with Crippen LogP contribution in [0.5, 0.6) is 0 Å². The summed E-state index contributed by atoms with van der Waals surface area (Å²) in [6.45, 7) is 4.62. The Hall–Kier alpha value is -1.70. The van der Waals surface area contributed by atoms with Gasteiger partial charge in [0.15, 0.2) is 5.01 Å². The Bertz CT molecular complexity index is 610. The van der Waals surface area contributed by atoms with Crippen molar-refractivity contribution in [3.63, 3.8) is 0 Å². The first-order chi connectivity index (χ1) is 9.97. The van der Waals surface area contributed by atoms with Crippen LogP contribution in [-0.2, 0) is 12.6 Å². The average molecular weight is 316 g/mol. The molecule has 21 heavy (non-hydrogen) atoms. The Morgan fingerprint density at radius 2 is 1.95 bits per heavy atom. The van der Waals surface area contributed by atoms with Crippen molar-refractivity contribution in [2.75, 3.05) is 11.9 Å². The number of hydrogen-bond donors (Lipinski definition) is 1. The number of rotatable bonds is 5. The Morgan fingerprint density at radius 1 is 1.19 bits per heavy atom. The van der Waals surface area contributed by atoms with E-state index in [1.807, 2.05) is 13.8 Å². The minimum atomic E-state index is -4.43. The first kappa shape index (κ1) is 15.7. The molecule has 2 heterocycles. The van der Waals surface area contributed by atoms with Crippen LogP contribution < -0.4 is 5.32 Å². The smallest absolute Gasteiger partial charge is 0.370 e. The maximum Gasteiger partial charge on any atom is 0.443 e. The van der Waals surface area contributed by atoms with E-state index in [1.165, 1.54) is 12.5 Å². The fraction of sp³-hybridized carbons (Fsp3) is 0.462. The molecule has 2 aromatic rings. The van der Waals surface area contributed by atoms with Gasteiger partial charge >= 0.3 is 6.18 Å². The van der Waals surface area contributed by atoms with E-state index in [1.54, 1.807) is 0 Å². The molecule has 0 saturated heterocycles. The molecule has 0 fully saturated rings. The lowest BCUT2D eigenvalue weighted by Crippen LogP contribution is -2.06. The fourth-order valence-electron chi connectivity index (χ4n) is 1.95.